The van der Waals surface area contributed by atoms with Crippen LogP contribution in [0.25, 0.3) is 0 Å². The van der Waals surface area contributed by atoms with Gasteiger partial charge in [-0.1, -0.05) is 27.7 Å². The summed E-state index contributed by atoms with van der Waals surface area (Å²) in [6.07, 6.45) is -0.394. The van der Waals surface area contributed by atoms with Crippen molar-refractivity contribution in [2.75, 3.05) is 0 Å². The van der Waals surface area contributed by atoms with Crippen molar-refractivity contribution in [1.29, 1.82) is 0 Å². The number of aliphatic carboxylic acids is 1. The van der Waals surface area contributed by atoms with E-state index in [1.54, 1.807) is 0 Å². The lowest BCUT2D eigenvalue weighted by Crippen LogP contribution is -2.44. The van der Waals surface area contributed by atoms with Gasteiger partial charge in [-0.05, 0) is 10.8 Å². The summed E-state index contributed by atoms with van der Waals surface area (Å²) in [6.45, 7) is 7.84. The third kappa shape index (κ3) is 2.32. The summed E-state index contributed by atoms with van der Waals surface area (Å²) in [5.74, 6) is -2.59. The number of nitrogens with two attached hydrogens (primary N) is 1. The predicted molar refractivity (Wildman–Crippen MR) is 64.4 cm³/mol. The Bertz CT molecular complexity index is 387. The molecule has 6 nitrogen and oxygen atoms in total. The Morgan fingerprint density at radius 1 is 1.22 bits per heavy atom. The van der Waals surface area contributed by atoms with Crippen LogP contribution in [0.5, 0.6) is 0 Å². The molecule has 6 heteroatoms. The van der Waals surface area contributed by atoms with Gasteiger partial charge in [0, 0.05) is 5.92 Å². The number of primary amides is 1. The molecule has 0 aromatic carbocycles. The van der Waals surface area contributed by atoms with Gasteiger partial charge in [0.05, 0.1) is 6.42 Å². The number of amides is 2. The van der Waals surface area contributed by atoms with Crippen LogP contribution >= 0.6 is 0 Å². The van der Waals surface area contributed by atoms with Crippen molar-refractivity contribution in [3.05, 3.63) is 0 Å². The second-order valence-corrected chi connectivity index (χ2v) is 5.95. The van der Waals surface area contributed by atoms with Crippen molar-refractivity contribution in [3.8, 4) is 0 Å². The molecule has 18 heavy (non-hydrogen) atoms. The number of hydrogen-bond acceptors (Lipinski definition) is 3. The maximum atomic E-state index is 12.0. The predicted octanol–water partition coefficient (Wildman–Crippen LogP) is 0.113. The van der Waals surface area contributed by atoms with E-state index in [0.717, 1.165) is 0 Å². The van der Waals surface area contributed by atoms with E-state index < -0.39 is 24.3 Å². The lowest BCUT2D eigenvalue weighted by Gasteiger charge is -2.13. The average Bonchev–Trinajstić information content (AvgIpc) is 2.54. The lowest BCUT2D eigenvalue weighted by atomic mass is 10.0. The molecule has 1 fully saturated rings. The lowest BCUT2D eigenvalue weighted by molar-refractivity contribution is -0.143. The highest BCUT2D eigenvalue weighted by Crippen LogP contribution is 2.68. The molecule has 0 saturated heterocycles. The molecule has 4 N–H and O–H groups in total. The number of carboxylic acids is 1. The average molecular weight is 256 g/mol. The van der Waals surface area contributed by atoms with E-state index in [2.05, 4.69) is 5.32 Å². The Kier molecular flexibility index (Phi) is 3.42. The van der Waals surface area contributed by atoms with Gasteiger partial charge in [0.2, 0.25) is 11.8 Å². The first-order chi connectivity index (χ1) is 8.01. The van der Waals surface area contributed by atoms with Crippen LogP contribution in [0.1, 0.15) is 34.1 Å². The minimum atomic E-state index is -1.25. The maximum absolute atomic E-state index is 12.0. The highest BCUT2D eigenvalue weighted by molar-refractivity contribution is 5.91. The zero-order valence-corrected chi connectivity index (χ0v) is 11.1. The summed E-state index contributed by atoms with van der Waals surface area (Å²) in [7, 11) is 0. The van der Waals surface area contributed by atoms with Crippen LogP contribution in [0, 0.1) is 16.7 Å². The van der Waals surface area contributed by atoms with Crippen LogP contribution in [0.15, 0.2) is 0 Å². The van der Waals surface area contributed by atoms with Gasteiger partial charge in [0.1, 0.15) is 6.04 Å². The van der Waals surface area contributed by atoms with Gasteiger partial charge in [-0.15, -0.1) is 0 Å². The van der Waals surface area contributed by atoms with E-state index in [4.69, 9.17) is 10.8 Å². The van der Waals surface area contributed by atoms with Crippen molar-refractivity contribution < 1.29 is 19.5 Å². The zero-order chi connectivity index (χ0) is 14.3. The summed E-state index contributed by atoms with van der Waals surface area (Å²) < 4.78 is 0. The van der Waals surface area contributed by atoms with Crippen molar-refractivity contribution in [3.63, 3.8) is 0 Å². The van der Waals surface area contributed by atoms with Crippen LogP contribution < -0.4 is 11.1 Å². The second kappa shape index (κ2) is 4.26. The van der Waals surface area contributed by atoms with Gasteiger partial charge >= 0.3 is 5.97 Å². The van der Waals surface area contributed by atoms with E-state index in [1.807, 2.05) is 27.7 Å². The van der Waals surface area contributed by atoms with E-state index in [1.165, 1.54) is 0 Å². The van der Waals surface area contributed by atoms with Crippen molar-refractivity contribution >= 4 is 17.8 Å². The van der Waals surface area contributed by atoms with E-state index >= 15 is 0 Å². The number of carbonyl (C=O) groups excluding carboxylic acids is 2. The van der Waals surface area contributed by atoms with Crippen LogP contribution in [0.4, 0.5) is 0 Å². The molecule has 0 aromatic heterocycles. The Hall–Kier alpha value is -1.59. The summed E-state index contributed by atoms with van der Waals surface area (Å²) in [5.41, 5.74) is 4.60. The van der Waals surface area contributed by atoms with Gasteiger partial charge in [0.15, 0.2) is 0 Å². The third-order valence-corrected chi connectivity index (χ3v) is 4.30. The molecule has 0 unspecified atom stereocenters. The number of nitrogens with one attached hydrogen (secondary N) is 1. The molecule has 1 saturated carbocycles. The first kappa shape index (κ1) is 14.5. The topological polar surface area (TPSA) is 109 Å². The zero-order valence-electron chi connectivity index (χ0n) is 11.1. The monoisotopic (exact) mass is 256 g/mol. The number of rotatable bonds is 5. The maximum Gasteiger partial charge on any atom is 0.326 e. The molecule has 2 amide bonds. The van der Waals surface area contributed by atoms with Gasteiger partial charge < -0.3 is 16.2 Å². The van der Waals surface area contributed by atoms with E-state index in [0.29, 0.717) is 0 Å². The minimum absolute atomic E-state index is 0.174. The van der Waals surface area contributed by atoms with Crippen molar-refractivity contribution in [2.45, 2.75) is 40.2 Å². The van der Waals surface area contributed by atoms with Crippen LogP contribution in [0.2, 0.25) is 0 Å². The van der Waals surface area contributed by atoms with E-state index in [9.17, 15) is 14.4 Å². The number of carboxylic acid groups (broad SMARTS) is 1. The fourth-order valence-corrected chi connectivity index (χ4v) is 2.51. The fourth-order valence-electron chi connectivity index (χ4n) is 2.51. The molecule has 0 aromatic rings. The smallest absolute Gasteiger partial charge is 0.326 e. The first-order valence-electron chi connectivity index (χ1n) is 5.83. The molecule has 0 bridgehead atoms. The Morgan fingerprint density at radius 2 is 1.67 bits per heavy atom. The quantitative estimate of drug-likeness (QED) is 0.648. The molecule has 0 heterocycles. The van der Waals surface area contributed by atoms with Crippen molar-refractivity contribution in [2.24, 2.45) is 22.5 Å². The Balaban J connectivity index is 2.70. The molecular formula is C12H20N2O4. The molecule has 0 aliphatic heterocycles. The molecule has 0 radical (unpaired) electrons. The summed E-state index contributed by atoms with van der Waals surface area (Å²) >= 11 is 0. The fraction of sp³-hybridized carbons (Fsp3) is 0.750. The second-order valence-electron chi connectivity index (χ2n) is 5.95. The Labute approximate surface area is 106 Å². The van der Waals surface area contributed by atoms with Gasteiger partial charge in [-0.2, -0.15) is 0 Å². The standard InChI is InChI=1S/C12H20N2O4/c1-11(2)8(12(11,3)4)9(16)14-6(10(17)18)5-7(13)15/h6,8H,5H2,1-4H3,(H2,13,15)(H,14,16)(H,17,18)/t6-/m0/s1. The van der Waals surface area contributed by atoms with Gasteiger partial charge in [0.25, 0.3) is 0 Å². The summed E-state index contributed by atoms with van der Waals surface area (Å²) in [6, 6.07) is -1.25. The molecule has 0 spiro atoms. The van der Waals surface area contributed by atoms with Gasteiger partial charge in [-0.25, -0.2) is 4.79 Å². The highest BCUT2D eigenvalue weighted by Gasteiger charge is 2.68. The largest absolute Gasteiger partial charge is 0.480 e. The van der Waals surface area contributed by atoms with Crippen LogP contribution in [0.3, 0.4) is 0 Å². The molecule has 1 aliphatic carbocycles. The Morgan fingerprint density at radius 3 is 1.94 bits per heavy atom. The normalized spacial score (nSPS) is 22.0. The number of carbonyl (C=O) groups is 3. The SMILES string of the molecule is CC1(C)C(C(=O)N[C@@H](CC(N)=O)C(=O)O)C1(C)C. The van der Waals surface area contributed by atoms with Crippen LogP contribution in [-0.2, 0) is 14.4 Å². The first-order valence-corrected chi connectivity index (χ1v) is 5.83. The van der Waals surface area contributed by atoms with Crippen LogP contribution in [-0.4, -0.2) is 28.9 Å². The van der Waals surface area contributed by atoms with Gasteiger partial charge in [-0.3, -0.25) is 9.59 Å². The molecule has 1 atom stereocenters. The summed E-state index contributed by atoms with van der Waals surface area (Å²) in [5, 5.41) is 11.3. The van der Waals surface area contributed by atoms with E-state index in [-0.39, 0.29) is 22.7 Å². The third-order valence-electron chi connectivity index (χ3n) is 4.30. The molecule has 102 valence electrons. The molecule has 1 rings (SSSR count). The number of hydrogen-bond donors (Lipinski definition) is 3. The minimum Gasteiger partial charge on any atom is -0.480 e. The molecule has 1 aliphatic rings. The molecular weight excluding hydrogens is 236 g/mol. The highest BCUT2D eigenvalue weighted by atomic mass is 16.4. The van der Waals surface area contributed by atoms with Crippen molar-refractivity contribution in [1.82, 2.24) is 5.32 Å². The summed E-state index contributed by atoms with van der Waals surface area (Å²) in [4.78, 5) is 33.7.